The minimum atomic E-state index is 0.547. The van der Waals surface area contributed by atoms with E-state index in [0.29, 0.717) is 12.0 Å². The highest BCUT2D eigenvalue weighted by molar-refractivity contribution is 9.10. The minimum absolute atomic E-state index is 0.547. The molecule has 0 saturated carbocycles. The molecular weight excluding hydrogens is 278 g/mol. The third kappa shape index (κ3) is 5.09. The molecule has 0 amide bonds. The van der Waals surface area contributed by atoms with Crippen LogP contribution in [0.2, 0.25) is 0 Å². The van der Waals surface area contributed by atoms with Gasteiger partial charge in [0.05, 0.1) is 6.61 Å². The summed E-state index contributed by atoms with van der Waals surface area (Å²) in [6, 6.07) is 8.54. The van der Waals surface area contributed by atoms with Gasteiger partial charge in [0.25, 0.3) is 0 Å². The average Bonchev–Trinajstić information content (AvgIpc) is 2.34. The molecule has 1 aromatic carbocycles. The van der Waals surface area contributed by atoms with Crippen molar-refractivity contribution in [1.29, 1.82) is 0 Å². The van der Waals surface area contributed by atoms with Crippen LogP contribution < -0.4 is 10.1 Å². The maximum absolute atomic E-state index is 5.76. The maximum Gasteiger partial charge on any atom is 0.120 e. The summed E-state index contributed by atoms with van der Waals surface area (Å²) in [5.41, 5.74) is 0. The first kappa shape index (κ1) is 14.5. The Bertz CT molecular complexity index is 330. The monoisotopic (exact) mass is 299 g/mol. The van der Waals surface area contributed by atoms with Crippen molar-refractivity contribution in [2.45, 2.75) is 32.7 Å². The smallest absolute Gasteiger partial charge is 0.120 e. The maximum atomic E-state index is 5.76. The average molecular weight is 300 g/mol. The van der Waals surface area contributed by atoms with Crippen molar-refractivity contribution < 1.29 is 4.74 Å². The predicted octanol–water partition coefficient (Wildman–Crippen LogP) is 3.85. The Morgan fingerprint density at radius 2 is 2.18 bits per heavy atom. The van der Waals surface area contributed by atoms with E-state index in [4.69, 9.17) is 4.74 Å². The zero-order chi connectivity index (χ0) is 12.7. The van der Waals surface area contributed by atoms with Crippen LogP contribution >= 0.6 is 15.9 Å². The van der Waals surface area contributed by atoms with Gasteiger partial charge < -0.3 is 10.1 Å². The van der Waals surface area contributed by atoms with Crippen molar-refractivity contribution in [3.8, 4) is 5.75 Å². The van der Waals surface area contributed by atoms with E-state index in [1.807, 2.05) is 31.3 Å². The third-order valence-corrected chi connectivity index (χ3v) is 3.73. The van der Waals surface area contributed by atoms with E-state index in [1.165, 1.54) is 6.42 Å². The fourth-order valence-corrected chi connectivity index (χ4v) is 2.31. The van der Waals surface area contributed by atoms with Crippen LogP contribution in [0.5, 0.6) is 5.75 Å². The topological polar surface area (TPSA) is 21.3 Å². The lowest BCUT2D eigenvalue weighted by Gasteiger charge is -2.22. The molecule has 0 heterocycles. The van der Waals surface area contributed by atoms with Gasteiger partial charge in [-0.3, -0.25) is 0 Å². The van der Waals surface area contributed by atoms with Gasteiger partial charge in [-0.15, -0.1) is 0 Å². The van der Waals surface area contributed by atoms with Crippen molar-refractivity contribution in [3.05, 3.63) is 28.7 Å². The zero-order valence-electron chi connectivity index (χ0n) is 10.9. The van der Waals surface area contributed by atoms with Gasteiger partial charge in [-0.2, -0.15) is 0 Å². The van der Waals surface area contributed by atoms with Crippen LogP contribution in [0.25, 0.3) is 0 Å². The minimum Gasteiger partial charge on any atom is -0.494 e. The number of ether oxygens (including phenoxy) is 1. The molecule has 0 aromatic heterocycles. The first-order chi connectivity index (χ1) is 8.17. The Morgan fingerprint density at radius 1 is 1.41 bits per heavy atom. The summed E-state index contributed by atoms with van der Waals surface area (Å²) >= 11 is 3.44. The summed E-state index contributed by atoms with van der Waals surface area (Å²) in [5.74, 6) is 1.61. The molecule has 96 valence electrons. The summed E-state index contributed by atoms with van der Waals surface area (Å²) in [7, 11) is 2.02. The summed E-state index contributed by atoms with van der Waals surface area (Å²) < 4.78 is 6.82. The lowest BCUT2D eigenvalue weighted by atomic mass is 9.95. The first-order valence-electron chi connectivity index (χ1n) is 6.23. The fraction of sp³-hybridized carbons (Fsp3) is 0.571. The van der Waals surface area contributed by atoms with Crippen molar-refractivity contribution in [2.75, 3.05) is 13.7 Å². The highest BCUT2D eigenvalue weighted by Gasteiger charge is 2.13. The van der Waals surface area contributed by atoms with Gasteiger partial charge in [0.1, 0.15) is 5.75 Å². The summed E-state index contributed by atoms with van der Waals surface area (Å²) in [6.07, 6.45) is 2.27. The molecule has 0 spiro atoms. The molecule has 1 N–H and O–H groups in total. The van der Waals surface area contributed by atoms with Crippen LogP contribution in [0.3, 0.4) is 0 Å². The molecule has 0 aliphatic carbocycles. The number of benzene rings is 1. The Kier molecular flexibility index (Phi) is 6.60. The third-order valence-electron chi connectivity index (χ3n) is 3.24. The molecule has 2 nitrogen and oxygen atoms in total. The molecule has 0 saturated heterocycles. The van der Waals surface area contributed by atoms with Crippen LogP contribution in [-0.2, 0) is 0 Å². The van der Waals surface area contributed by atoms with E-state index in [9.17, 15) is 0 Å². The van der Waals surface area contributed by atoms with Gasteiger partial charge in [0.15, 0.2) is 0 Å². The molecule has 0 bridgehead atoms. The summed E-state index contributed by atoms with van der Waals surface area (Å²) in [4.78, 5) is 0. The Labute approximate surface area is 113 Å². The molecular formula is C14H22BrNO. The lowest BCUT2D eigenvalue weighted by Crippen LogP contribution is -2.31. The number of rotatable bonds is 7. The highest BCUT2D eigenvalue weighted by Crippen LogP contribution is 2.19. The van der Waals surface area contributed by atoms with E-state index in [0.717, 1.165) is 23.2 Å². The van der Waals surface area contributed by atoms with Gasteiger partial charge in [-0.1, -0.05) is 35.3 Å². The molecule has 2 atom stereocenters. The number of hydrogen-bond donors (Lipinski definition) is 1. The zero-order valence-corrected chi connectivity index (χ0v) is 12.5. The summed E-state index contributed by atoms with van der Waals surface area (Å²) in [5, 5.41) is 3.31. The van der Waals surface area contributed by atoms with Crippen LogP contribution in [0, 0.1) is 5.92 Å². The van der Waals surface area contributed by atoms with Crippen molar-refractivity contribution >= 4 is 15.9 Å². The van der Waals surface area contributed by atoms with E-state index >= 15 is 0 Å². The Hall–Kier alpha value is -0.540. The van der Waals surface area contributed by atoms with Crippen LogP contribution in [-0.4, -0.2) is 19.7 Å². The van der Waals surface area contributed by atoms with E-state index in [2.05, 4.69) is 35.1 Å². The predicted molar refractivity (Wildman–Crippen MR) is 76.6 cm³/mol. The largest absolute Gasteiger partial charge is 0.494 e. The normalized spacial score (nSPS) is 14.4. The molecule has 2 unspecified atom stereocenters. The first-order valence-corrected chi connectivity index (χ1v) is 7.02. The van der Waals surface area contributed by atoms with Crippen molar-refractivity contribution in [3.63, 3.8) is 0 Å². The van der Waals surface area contributed by atoms with Crippen LogP contribution in [0.4, 0.5) is 0 Å². The van der Waals surface area contributed by atoms with Crippen molar-refractivity contribution in [1.82, 2.24) is 5.32 Å². The van der Waals surface area contributed by atoms with Gasteiger partial charge in [0, 0.05) is 10.5 Å². The summed E-state index contributed by atoms with van der Waals surface area (Å²) in [6.45, 7) is 5.24. The fourth-order valence-electron chi connectivity index (χ4n) is 1.93. The van der Waals surface area contributed by atoms with Crippen LogP contribution in [0.15, 0.2) is 28.7 Å². The second-order valence-corrected chi connectivity index (χ2v) is 5.26. The molecule has 0 aliphatic heterocycles. The number of hydrogen-bond acceptors (Lipinski definition) is 2. The Morgan fingerprint density at radius 3 is 2.76 bits per heavy atom. The lowest BCUT2D eigenvalue weighted by molar-refractivity contribution is 0.251. The van der Waals surface area contributed by atoms with Gasteiger partial charge in [-0.05, 0) is 44.5 Å². The second-order valence-electron chi connectivity index (χ2n) is 4.34. The van der Waals surface area contributed by atoms with E-state index in [-0.39, 0.29) is 0 Å². The van der Waals surface area contributed by atoms with Gasteiger partial charge >= 0.3 is 0 Å². The molecule has 17 heavy (non-hydrogen) atoms. The standard InChI is InChI=1S/C14H22BrNO/c1-4-12(11(2)16-3)8-9-17-14-7-5-6-13(15)10-14/h5-7,10-12,16H,4,8-9H2,1-3H3. The van der Waals surface area contributed by atoms with Gasteiger partial charge in [-0.25, -0.2) is 0 Å². The second kappa shape index (κ2) is 7.72. The molecule has 3 heteroatoms. The molecule has 0 radical (unpaired) electrons. The highest BCUT2D eigenvalue weighted by atomic mass is 79.9. The quantitative estimate of drug-likeness (QED) is 0.826. The SMILES string of the molecule is CCC(CCOc1cccc(Br)c1)C(C)NC. The van der Waals surface area contributed by atoms with E-state index in [1.54, 1.807) is 0 Å². The molecule has 1 rings (SSSR count). The molecule has 1 aromatic rings. The molecule has 0 fully saturated rings. The van der Waals surface area contributed by atoms with E-state index < -0.39 is 0 Å². The van der Waals surface area contributed by atoms with Gasteiger partial charge in [0.2, 0.25) is 0 Å². The Balaban J connectivity index is 2.36. The van der Waals surface area contributed by atoms with Crippen LogP contribution in [0.1, 0.15) is 26.7 Å². The number of halogens is 1. The van der Waals surface area contributed by atoms with Crippen molar-refractivity contribution in [2.24, 2.45) is 5.92 Å². The molecule has 0 aliphatic rings. The number of nitrogens with one attached hydrogen (secondary N) is 1.